The number of hydrogen-bond acceptors (Lipinski definition) is 2. The van der Waals surface area contributed by atoms with Crippen LogP contribution < -0.4 is 0 Å². The summed E-state index contributed by atoms with van der Waals surface area (Å²) in [7, 11) is 0. The average Bonchev–Trinajstić information content (AvgIpc) is 2.14. The number of hydrogen-bond donors (Lipinski definition) is 1. The largest absolute Gasteiger partial charge is 0.390 e. The van der Waals surface area contributed by atoms with Crippen LogP contribution in [0.2, 0.25) is 0 Å². The van der Waals surface area contributed by atoms with Gasteiger partial charge in [0.1, 0.15) is 0 Å². The summed E-state index contributed by atoms with van der Waals surface area (Å²) in [4.78, 5) is 2.32. The SMILES string of the molecule is C[C@@H](Cc1ccccc1)N1CC(O)C1. The fourth-order valence-electron chi connectivity index (χ4n) is 1.93. The first kappa shape index (κ1) is 9.69. The second kappa shape index (κ2) is 4.11. The van der Waals surface area contributed by atoms with Gasteiger partial charge in [0, 0.05) is 19.1 Å². The van der Waals surface area contributed by atoms with E-state index in [1.165, 1.54) is 5.56 Å². The van der Waals surface area contributed by atoms with Gasteiger partial charge in [0.15, 0.2) is 0 Å². The van der Waals surface area contributed by atoms with Gasteiger partial charge in [0.25, 0.3) is 0 Å². The summed E-state index contributed by atoms with van der Waals surface area (Å²) in [5, 5.41) is 9.19. The molecule has 0 unspecified atom stereocenters. The topological polar surface area (TPSA) is 23.5 Å². The summed E-state index contributed by atoms with van der Waals surface area (Å²) < 4.78 is 0. The van der Waals surface area contributed by atoms with Gasteiger partial charge < -0.3 is 5.11 Å². The molecule has 1 aliphatic rings. The molecule has 0 aliphatic carbocycles. The zero-order valence-corrected chi connectivity index (χ0v) is 8.56. The van der Waals surface area contributed by atoms with Crippen LogP contribution in [0.4, 0.5) is 0 Å². The lowest BCUT2D eigenvalue weighted by Gasteiger charge is -2.40. The van der Waals surface area contributed by atoms with Crippen LogP contribution in [0.3, 0.4) is 0 Å². The predicted octanol–water partition coefficient (Wildman–Crippen LogP) is 1.29. The standard InChI is InChI=1S/C12H17NO/c1-10(13-8-12(14)9-13)7-11-5-3-2-4-6-11/h2-6,10,12,14H,7-9H2,1H3/t10-/m0/s1. The van der Waals surface area contributed by atoms with E-state index in [1.54, 1.807) is 0 Å². The lowest BCUT2D eigenvalue weighted by Crippen LogP contribution is -2.55. The molecule has 14 heavy (non-hydrogen) atoms. The molecule has 76 valence electrons. The molecule has 0 bridgehead atoms. The van der Waals surface area contributed by atoms with Crippen LogP contribution in [0.25, 0.3) is 0 Å². The van der Waals surface area contributed by atoms with Gasteiger partial charge in [-0.2, -0.15) is 0 Å². The molecule has 1 aliphatic heterocycles. The molecule has 1 heterocycles. The van der Waals surface area contributed by atoms with Gasteiger partial charge in [0.2, 0.25) is 0 Å². The number of aliphatic hydroxyl groups is 1. The average molecular weight is 191 g/mol. The Hall–Kier alpha value is -0.860. The zero-order valence-electron chi connectivity index (χ0n) is 8.56. The van der Waals surface area contributed by atoms with E-state index in [9.17, 15) is 5.11 Å². The van der Waals surface area contributed by atoms with E-state index in [4.69, 9.17) is 0 Å². The third-order valence-corrected chi connectivity index (χ3v) is 2.89. The number of benzene rings is 1. The minimum Gasteiger partial charge on any atom is -0.390 e. The Kier molecular flexibility index (Phi) is 2.85. The van der Waals surface area contributed by atoms with Crippen LogP contribution >= 0.6 is 0 Å². The third kappa shape index (κ3) is 2.14. The van der Waals surface area contributed by atoms with Gasteiger partial charge in [0.05, 0.1) is 6.10 Å². The molecular weight excluding hydrogens is 174 g/mol. The molecule has 1 fully saturated rings. The molecule has 2 heteroatoms. The van der Waals surface area contributed by atoms with Crippen molar-refractivity contribution < 1.29 is 5.11 Å². The number of likely N-dealkylation sites (tertiary alicyclic amines) is 1. The Morgan fingerprint density at radius 2 is 2.00 bits per heavy atom. The van der Waals surface area contributed by atoms with E-state index < -0.39 is 0 Å². The minimum absolute atomic E-state index is 0.0896. The Morgan fingerprint density at radius 3 is 2.57 bits per heavy atom. The van der Waals surface area contributed by atoms with Crippen molar-refractivity contribution >= 4 is 0 Å². The van der Waals surface area contributed by atoms with Crippen LogP contribution in [0.1, 0.15) is 12.5 Å². The lowest BCUT2D eigenvalue weighted by molar-refractivity contribution is -0.0202. The normalized spacial score (nSPS) is 20.4. The van der Waals surface area contributed by atoms with Crippen molar-refractivity contribution in [2.75, 3.05) is 13.1 Å². The maximum Gasteiger partial charge on any atom is 0.0794 e. The molecule has 1 N–H and O–H groups in total. The fourth-order valence-corrected chi connectivity index (χ4v) is 1.93. The van der Waals surface area contributed by atoms with E-state index in [2.05, 4.69) is 36.1 Å². The van der Waals surface area contributed by atoms with Crippen molar-refractivity contribution in [1.82, 2.24) is 4.90 Å². The smallest absolute Gasteiger partial charge is 0.0794 e. The van der Waals surface area contributed by atoms with Crippen LogP contribution in [-0.2, 0) is 6.42 Å². The maximum atomic E-state index is 9.19. The van der Waals surface area contributed by atoms with Gasteiger partial charge in [-0.15, -0.1) is 0 Å². The molecule has 0 saturated carbocycles. The first-order valence-corrected chi connectivity index (χ1v) is 5.22. The number of β-amino-alcohol motifs (C(OH)–C–C–N with tert-alkyl or cyclic N) is 1. The summed E-state index contributed by atoms with van der Waals surface area (Å²) in [6.07, 6.45) is 0.987. The second-order valence-corrected chi connectivity index (χ2v) is 4.15. The highest BCUT2D eigenvalue weighted by atomic mass is 16.3. The van der Waals surface area contributed by atoms with E-state index in [1.807, 2.05) is 6.07 Å². The van der Waals surface area contributed by atoms with Crippen molar-refractivity contribution in [2.24, 2.45) is 0 Å². The summed E-state index contributed by atoms with van der Waals surface area (Å²) in [6, 6.07) is 11.1. The lowest BCUT2D eigenvalue weighted by atomic mass is 10.0. The van der Waals surface area contributed by atoms with E-state index in [-0.39, 0.29) is 6.10 Å². The molecule has 0 spiro atoms. The van der Waals surface area contributed by atoms with Crippen molar-refractivity contribution in [3.8, 4) is 0 Å². The van der Waals surface area contributed by atoms with Crippen LogP contribution in [0.15, 0.2) is 30.3 Å². The van der Waals surface area contributed by atoms with E-state index >= 15 is 0 Å². The molecular formula is C12H17NO. The highest BCUT2D eigenvalue weighted by Gasteiger charge is 2.28. The highest BCUT2D eigenvalue weighted by molar-refractivity contribution is 5.15. The summed E-state index contributed by atoms with van der Waals surface area (Å²) in [5.41, 5.74) is 1.38. The van der Waals surface area contributed by atoms with Crippen LogP contribution in [0, 0.1) is 0 Å². The fraction of sp³-hybridized carbons (Fsp3) is 0.500. The van der Waals surface area contributed by atoms with E-state index in [0.717, 1.165) is 19.5 Å². The monoisotopic (exact) mass is 191 g/mol. The van der Waals surface area contributed by atoms with Crippen molar-refractivity contribution in [3.63, 3.8) is 0 Å². The molecule has 0 radical (unpaired) electrons. The molecule has 2 nitrogen and oxygen atoms in total. The molecule has 2 rings (SSSR count). The summed E-state index contributed by atoms with van der Waals surface area (Å²) in [6.45, 7) is 3.90. The Labute approximate surface area is 85.2 Å². The first-order valence-electron chi connectivity index (χ1n) is 5.22. The van der Waals surface area contributed by atoms with Crippen LogP contribution in [0.5, 0.6) is 0 Å². The zero-order chi connectivity index (χ0) is 9.97. The van der Waals surface area contributed by atoms with Gasteiger partial charge >= 0.3 is 0 Å². The third-order valence-electron chi connectivity index (χ3n) is 2.89. The van der Waals surface area contributed by atoms with Crippen molar-refractivity contribution in [3.05, 3.63) is 35.9 Å². The Bertz CT molecular complexity index is 280. The Balaban J connectivity index is 1.86. The summed E-state index contributed by atoms with van der Waals surface area (Å²) >= 11 is 0. The first-order chi connectivity index (χ1) is 6.75. The molecule has 1 saturated heterocycles. The van der Waals surface area contributed by atoms with Crippen LogP contribution in [-0.4, -0.2) is 35.2 Å². The Morgan fingerprint density at radius 1 is 1.36 bits per heavy atom. The summed E-state index contributed by atoms with van der Waals surface area (Å²) in [5.74, 6) is 0. The molecule has 0 amide bonds. The van der Waals surface area contributed by atoms with Gasteiger partial charge in [-0.1, -0.05) is 30.3 Å². The minimum atomic E-state index is -0.0896. The second-order valence-electron chi connectivity index (χ2n) is 4.15. The van der Waals surface area contributed by atoms with Crippen molar-refractivity contribution in [1.29, 1.82) is 0 Å². The molecule has 0 aromatic heterocycles. The van der Waals surface area contributed by atoms with E-state index in [0.29, 0.717) is 6.04 Å². The maximum absolute atomic E-state index is 9.19. The highest BCUT2D eigenvalue weighted by Crippen LogP contribution is 2.15. The van der Waals surface area contributed by atoms with Gasteiger partial charge in [-0.25, -0.2) is 0 Å². The number of nitrogens with zero attached hydrogens (tertiary/aromatic N) is 1. The van der Waals surface area contributed by atoms with Crippen molar-refractivity contribution in [2.45, 2.75) is 25.5 Å². The van der Waals surface area contributed by atoms with Gasteiger partial charge in [-0.3, -0.25) is 4.90 Å². The number of rotatable bonds is 3. The molecule has 1 aromatic carbocycles. The molecule has 1 aromatic rings. The molecule has 1 atom stereocenters. The predicted molar refractivity (Wildman–Crippen MR) is 57.2 cm³/mol. The van der Waals surface area contributed by atoms with Gasteiger partial charge in [-0.05, 0) is 18.9 Å². The quantitative estimate of drug-likeness (QED) is 0.778. The number of aliphatic hydroxyl groups excluding tert-OH is 1.